The Morgan fingerprint density at radius 1 is 1.44 bits per heavy atom. The molecule has 0 atom stereocenters. The van der Waals surface area contributed by atoms with Crippen molar-refractivity contribution in [3.05, 3.63) is 0 Å². The quantitative estimate of drug-likeness (QED) is 0.354. The highest BCUT2D eigenvalue weighted by Crippen LogP contribution is 1.92. The molecule has 0 heterocycles. The van der Waals surface area contributed by atoms with E-state index in [2.05, 4.69) is 12.6 Å². The maximum Gasteiger partial charge on any atom is 0.134 e. The van der Waals surface area contributed by atoms with Crippen LogP contribution in [0.3, 0.4) is 0 Å². The van der Waals surface area contributed by atoms with Gasteiger partial charge in [0, 0.05) is 14.2 Å². The van der Waals surface area contributed by atoms with Gasteiger partial charge in [0.05, 0.1) is 9.52 Å². The highest BCUT2D eigenvalue weighted by Gasteiger charge is 2.02. The van der Waals surface area contributed by atoms with E-state index in [4.69, 9.17) is 9.47 Å². The summed E-state index contributed by atoms with van der Waals surface area (Å²) < 4.78 is 10.0. The van der Waals surface area contributed by atoms with E-state index in [0.29, 0.717) is 0 Å². The summed E-state index contributed by atoms with van der Waals surface area (Å²) >= 11 is 4.10. The van der Waals surface area contributed by atoms with Crippen molar-refractivity contribution in [1.82, 2.24) is 0 Å². The van der Waals surface area contributed by atoms with Gasteiger partial charge in [0.1, 0.15) is 5.91 Å². The second-order valence-corrected chi connectivity index (χ2v) is 4.17. The molecule has 0 aromatic heterocycles. The summed E-state index contributed by atoms with van der Waals surface area (Å²) in [5.41, 5.74) is 0. The van der Waals surface area contributed by atoms with Gasteiger partial charge in [0.15, 0.2) is 0 Å². The van der Waals surface area contributed by atoms with Crippen LogP contribution in [-0.2, 0) is 9.47 Å². The zero-order valence-corrected chi connectivity index (χ0v) is 8.27. The second kappa shape index (κ2) is 6.60. The van der Waals surface area contributed by atoms with Crippen molar-refractivity contribution in [2.24, 2.45) is 0 Å². The van der Waals surface area contributed by atoms with Gasteiger partial charge in [-0.05, 0) is 11.8 Å². The molecule has 0 aromatic rings. The van der Waals surface area contributed by atoms with Gasteiger partial charge < -0.3 is 9.47 Å². The van der Waals surface area contributed by atoms with Crippen LogP contribution in [0.1, 0.15) is 0 Å². The number of hydrogen-bond acceptors (Lipinski definition) is 3. The molecule has 0 amide bonds. The molecule has 0 bridgehead atoms. The van der Waals surface area contributed by atoms with Crippen molar-refractivity contribution >= 4 is 22.1 Å². The van der Waals surface area contributed by atoms with Gasteiger partial charge in [0.25, 0.3) is 0 Å². The molecule has 0 aliphatic rings. The maximum atomic E-state index is 5.01. The van der Waals surface area contributed by atoms with E-state index in [0.717, 1.165) is 5.75 Å². The van der Waals surface area contributed by atoms with E-state index in [-0.39, 0.29) is 15.4 Å². The van der Waals surface area contributed by atoms with Crippen LogP contribution in [0.2, 0.25) is 6.04 Å². The smallest absolute Gasteiger partial charge is 0.134 e. The molecule has 0 aliphatic heterocycles. The molecule has 4 heteroatoms. The molecule has 0 saturated carbocycles. The van der Waals surface area contributed by atoms with Crippen molar-refractivity contribution in [3.63, 3.8) is 0 Å². The van der Waals surface area contributed by atoms with E-state index in [1.807, 2.05) is 0 Å². The van der Waals surface area contributed by atoms with Gasteiger partial charge in [-0.2, -0.15) is 12.6 Å². The molecule has 9 heavy (non-hydrogen) atoms. The molecule has 0 fully saturated rings. The van der Waals surface area contributed by atoms with E-state index < -0.39 is 0 Å². The Morgan fingerprint density at radius 3 is 2.33 bits per heavy atom. The molecule has 56 valence electrons. The largest absolute Gasteiger partial charge is 0.360 e. The van der Waals surface area contributed by atoms with Gasteiger partial charge >= 0.3 is 0 Å². The van der Waals surface area contributed by atoms with Crippen LogP contribution < -0.4 is 0 Å². The molecular formula is C5H14O2SSi. The van der Waals surface area contributed by atoms with E-state index >= 15 is 0 Å². The molecular weight excluding hydrogens is 152 g/mol. The first-order valence-electron chi connectivity index (χ1n) is 3.01. The minimum absolute atomic E-state index is 0.0946. The normalized spacial score (nSPS) is 12.0. The van der Waals surface area contributed by atoms with Crippen molar-refractivity contribution in [1.29, 1.82) is 0 Å². The summed E-state index contributed by atoms with van der Waals surface area (Å²) in [4.78, 5) is 0. The first-order chi connectivity index (χ1) is 4.35. The van der Waals surface area contributed by atoms with Gasteiger partial charge in [-0.1, -0.05) is 0 Å². The fraction of sp³-hybridized carbons (Fsp3) is 1.00. The second-order valence-electron chi connectivity index (χ2n) is 1.77. The van der Waals surface area contributed by atoms with Crippen LogP contribution in [0.4, 0.5) is 0 Å². The Kier molecular flexibility index (Phi) is 6.96. The van der Waals surface area contributed by atoms with Crippen molar-refractivity contribution in [3.8, 4) is 0 Å². The number of rotatable bonds is 5. The van der Waals surface area contributed by atoms with E-state index in [1.54, 1.807) is 14.2 Å². The summed E-state index contributed by atoms with van der Waals surface area (Å²) in [7, 11) is 3.16. The number of thiol groups is 1. The van der Waals surface area contributed by atoms with Gasteiger partial charge in [-0.25, -0.2) is 0 Å². The fourth-order valence-corrected chi connectivity index (χ4v) is 2.12. The SMILES string of the molecule is COC(OC)[SiH2]CCS. The predicted molar refractivity (Wildman–Crippen MR) is 45.0 cm³/mol. The minimum Gasteiger partial charge on any atom is -0.360 e. The molecule has 0 aromatic carbocycles. The van der Waals surface area contributed by atoms with Crippen molar-refractivity contribution < 1.29 is 9.47 Å². The maximum absolute atomic E-state index is 5.01. The third kappa shape index (κ3) is 4.96. The van der Waals surface area contributed by atoms with Crippen LogP contribution in [0.5, 0.6) is 0 Å². The summed E-state index contributed by atoms with van der Waals surface area (Å²) in [5.74, 6) is 1.05. The summed E-state index contributed by atoms with van der Waals surface area (Å²) in [5, 5.41) is 0. The lowest BCUT2D eigenvalue weighted by atomic mass is 11.0. The Hall–Kier alpha value is 0.487. The minimum atomic E-state index is -0.196. The highest BCUT2D eigenvalue weighted by atomic mass is 32.1. The molecule has 0 spiro atoms. The third-order valence-electron chi connectivity index (χ3n) is 1.12. The Morgan fingerprint density at radius 2 is 2.00 bits per heavy atom. The zero-order valence-electron chi connectivity index (χ0n) is 5.96. The molecule has 0 radical (unpaired) electrons. The average molecular weight is 166 g/mol. The number of methoxy groups -OCH3 is 2. The third-order valence-corrected chi connectivity index (χ3v) is 3.93. The lowest BCUT2D eigenvalue weighted by molar-refractivity contribution is -0.0439. The molecule has 0 aliphatic carbocycles. The summed E-state index contributed by atoms with van der Waals surface area (Å²) in [6.45, 7) is 0. The van der Waals surface area contributed by atoms with Crippen molar-refractivity contribution in [2.45, 2.75) is 12.0 Å². The van der Waals surface area contributed by atoms with E-state index in [9.17, 15) is 0 Å². The topological polar surface area (TPSA) is 18.5 Å². The Labute approximate surface area is 64.2 Å². The standard InChI is InChI=1S/C5H14O2SSi/c1-6-5(7-2)9-4-3-8/h5,8H,3-4,9H2,1-2H3. The van der Waals surface area contributed by atoms with Gasteiger partial charge in [0.2, 0.25) is 0 Å². The van der Waals surface area contributed by atoms with Crippen LogP contribution in [-0.4, -0.2) is 35.4 Å². The highest BCUT2D eigenvalue weighted by molar-refractivity contribution is 7.80. The molecule has 0 saturated heterocycles. The molecule has 0 unspecified atom stereocenters. The lowest BCUT2D eigenvalue weighted by Crippen LogP contribution is -2.21. The average Bonchev–Trinajstić information content (AvgIpc) is 1.91. The molecule has 0 rings (SSSR count). The first-order valence-corrected chi connectivity index (χ1v) is 5.46. The predicted octanol–water partition coefficient (Wildman–Crippen LogP) is 0.0797. The summed E-state index contributed by atoms with van der Waals surface area (Å²) in [6, 6.07) is 1.18. The lowest BCUT2D eigenvalue weighted by Gasteiger charge is -2.10. The zero-order chi connectivity index (χ0) is 7.11. The van der Waals surface area contributed by atoms with Crippen LogP contribution in [0.25, 0.3) is 0 Å². The van der Waals surface area contributed by atoms with E-state index in [1.165, 1.54) is 6.04 Å². The number of hydrogen-bond donors (Lipinski definition) is 1. The van der Waals surface area contributed by atoms with Crippen LogP contribution >= 0.6 is 12.6 Å². The fourth-order valence-electron chi connectivity index (χ4n) is 0.590. The van der Waals surface area contributed by atoms with Gasteiger partial charge in [-0.3, -0.25) is 0 Å². The molecule has 2 nitrogen and oxygen atoms in total. The number of ether oxygens (including phenoxy) is 2. The monoisotopic (exact) mass is 166 g/mol. The van der Waals surface area contributed by atoms with Crippen molar-refractivity contribution in [2.75, 3.05) is 20.0 Å². The Bertz CT molecular complexity index is 58.9. The van der Waals surface area contributed by atoms with Crippen LogP contribution in [0.15, 0.2) is 0 Å². The van der Waals surface area contributed by atoms with Crippen LogP contribution in [0, 0.1) is 0 Å². The first kappa shape index (κ1) is 9.49. The summed E-state index contributed by atoms with van der Waals surface area (Å²) in [6.07, 6.45) is 0. The van der Waals surface area contributed by atoms with Gasteiger partial charge in [-0.15, -0.1) is 0 Å². The Balaban J connectivity index is 3.09. The molecule has 0 N–H and O–H groups in total.